The zero-order valence-electron chi connectivity index (χ0n) is 8.23. The minimum absolute atomic E-state index is 0.542. The van der Waals surface area contributed by atoms with Crippen molar-refractivity contribution in [2.75, 3.05) is 26.9 Å². The Labute approximate surface area is 83.6 Å². The maximum atomic E-state index is 5.63. The van der Waals surface area contributed by atoms with Gasteiger partial charge in [0.25, 0.3) is 0 Å². The van der Waals surface area contributed by atoms with Crippen LogP contribution in [0.3, 0.4) is 0 Å². The van der Waals surface area contributed by atoms with Crippen molar-refractivity contribution in [3.8, 4) is 11.5 Å². The van der Waals surface area contributed by atoms with E-state index < -0.39 is 0 Å². The Morgan fingerprint density at radius 3 is 2.57 bits per heavy atom. The minimum atomic E-state index is 0.542. The lowest BCUT2D eigenvalue weighted by atomic mass is 10.1. The van der Waals surface area contributed by atoms with Crippen molar-refractivity contribution in [2.24, 2.45) is 5.92 Å². The van der Waals surface area contributed by atoms with E-state index >= 15 is 0 Å². The van der Waals surface area contributed by atoms with Crippen LogP contribution in [0.4, 0.5) is 0 Å². The average molecular weight is 194 g/mol. The van der Waals surface area contributed by atoms with Gasteiger partial charge in [-0.05, 0) is 12.1 Å². The van der Waals surface area contributed by atoms with Crippen molar-refractivity contribution >= 4 is 0 Å². The highest BCUT2D eigenvalue weighted by Crippen LogP contribution is 2.26. The minimum Gasteiger partial charge on any atom is -0.493 e. The van der Waals surface area contributed by atoms with E-state index in [1.54, 1.807) is 7.11 Å². The summed E-state index contributed by atoms with van der Waals surface area (Å²) < 4.78 is 15.9. The summed E-state index contributed by atoms with van der Waals surface area (Å²) in [5.41, 5.74) is 0. The van der Waals surface area contributed by atoms with Gasteiger partial charge in [0.15, 0.2) is 11.5 Å². The molecule has 3 nitrogen and oxygen atoms in total. The first kappa shape index (κ1) is 9.34. The van der Waals surface area contributed by atoms with Crippen LogP contribution in [0.2, 0.25) is 0 Å². The van der Waals surface area contributed by atoms with Gasteiger partial charge in [0.2, 0.25) is 0 Å². The molecule has 1 aliphatic heterocycles. The summed E-state index contributed by atoms with van der Waals surface area (Å²) in [6.45, 7) is 2.34. The van der Waals surface area contributed by atoms with Crippen molar-refractivity contribution in [1.82, 2.24) is 0 Å². The van der Waals surface area contributed by atoms with E-state index in [-0.39, 0.29) is 0 Å². The molecule has 1 aromatic carbocycles. The summed E-state index contributed by atoms with van der Waals surface area (Å²) in [6.07, 6.45) is 0. The second-order valence-electron chi connectivity index (χ2n) is 3.37. The number of hydrogen-bond acceptors (Lipinski definition) is 3. The molecule has 0 aliphatic carbocycles. The molecule has 1 heterocycles. The van der Waals surface area contributed by atoms with Crippen LogP contribution in [0.25, 0.3) is 0 Å². The summed E-state index contributed by atoms with van der Waals surface area (Å²) in [4.78, 5) is 0. The fraction of sp³-hybridized carbons (Fsp3) is 0.455. The molecule has 0 amide bonds. The molecule has 0 atom stereocenters. The van der Waals surface area contributed by atoms with Gasteiger partial charge in [-0.3, -0.25) is 0 Å². The van der Waals surface area contributed by atoms with Crippen molar-refractivity contribution in [3.05, 3.63) is 24.3 Å². The number of ether oxygens (including phenoxy) is 3. The molecular weight excluding hydrogens is 180 g/mol. The van der Waals surface area contributed by atoms with Gasteiger partial charge in [-0.2, -0.15) is 0 Å². The topological polar surface area (TPSA) is 27.7 Å². The molecule has 0 bridgehead atoms. The molecule has 1 aliphatic rings. The van der Waals surface area contributed by atoms with Gasteiger partial charge >= 0.3 is 0 Å². The van der Waals surface area contributed by atoms with E-state index in [4.69, 9.17) is 14.2 Å². The Bertz CT molecular complexity index is 294. The zero-order chi connectivity index (χ0) is 9.80. The molecule has 0 unspecified atom stereocenters. The van der Waals surface area contributed by atoms with Crippen LogP contribution in [-0.2, 0) is 4.74 Å². The number of methoxy groups -OCH3 is 1. The average Bonchev–Trinajstić information content (AvgIpc) is 2.16. The highest BCUT2D eigenvalue weighted by molar-refractivity contribution is 5.39. The fourth-order valence-corrected chi connectivity index (χ4v) is 1.33. The van der Waals surface area contributed by atoms with Crippen LogP contribution in [0.5, 0.6) is 11.5 Å². The zero-order valence-corrected chi connectivity index (χ0v) is 8.23. The quantitative estimate of drug-likeness (QED) is 0.730. The Morgan fingerprint density at radius 1 is 1.29 bits per heavy atom. The lowest BCUT2D eigenvalue weighted by Gasteiger charge is -2.25. The Kier molecular flexibility index (Phi) is 2.89. The van der Waals surface area contributed by atoms with E-state index in [2.05, 4.69) is 0 Å². The van der Waals surface area contributed by atoms with Crippen LogP contribution in [0.15, 0.2) is 24.3 Å². The molecule has 0 aromatic heterocycles. The molecule has 3 heteroatoms. The lowest BCUT2D eigenvalue weighted by molar-refractivity contribution is -0.0511. The van der Waals surface area contributed by atoms with Gasteiger partial charge in [-0.25, -0.2) is 0 Å². The summed E-state index contributed by atoms with van der Waals surface area (Å²) >= 11 is 0. The number of rotatable bonds is 4. The number of benzene rings is 1. The van der Waals surface area contributed by atoms with Crippen LogP contribution in [-0.4, -0.2) is 26.9 Å². The maximum Gasteiger partial charge on any atom is 0.161 e. The molecule has 0 saturated carbocycles. The Hall–Kier alpha value is -1.22. The van der Waals surface area contributed by atoms with Gasteiger partial charge in [0.05, 0.1) is 26.9 Å². The molecule has 0 radical (unpaired) electrons. The van der Waals surface area contributed by atoms with E-state index in [0.717, 1.165) is 24.7 Å². The second-order valence-corrected chi connectivity index (χ2v) is 3.37. The van der Waals surface area contributed by atoms with E-state index in [1.165, 1.54) is 0 Å². The smallest absolute Gasteiger partial charge is 0.161 e. The molecule has 1 fully saturated rings. The highest BCUT2D eigenvalue weighted by atomic mass is 16.5. The van der Waals surface area contributed by atoms with Crippen molar-refractivity contribution in [2.45, 2.75) is 0 Å². The van der Waals surface area contributed by atoms with Gasteiger partial charge in [-0.1, -0.05) is 12.1 Å². The summed E-state index contributed by atoms with van der Waals surface area (Å²) in [5, 5.41) is 0. The first-order valence-electron chi connectivity index (χ1n) is 4.73. The first-order chi connectivity index (χ1) is 6.90. The standard InChI is InChI=1S/C11H14O3/c1-12-10-4-2-3-5-11(10)14-8-9-6-13-7-9/h2-5,9H,6-8H2,1H3. The molecule has 0 spiro atoms. The van der Waals surface area contributed by atoms with E-state index in [0.29, 0.717) is 12.5 Å². The third-order valence-corrected chi connectivity index (χ3v) is 2.25. The van der Waals surface area contributed by atoms with E-state index in [9.17, 15) is 0 Å². The highest BCUT2D eigenvalue weighted by Gasteiger charge is 2.19. The van der Waals surface area contributed by atoms with Crippen molar-refractivity contribution in [3.63, 3.8) is 0 Å². The lowest BCUT2D eigenvalue weighted by Crippen LogP contribution is -2.32. The SMILES string of the molecule is COc1ccccc1OCC1COC1. The summed E-state index contributed by atoms with van der Waals surface area (Å²) in [5.74, 6) is 2.13. The van der Waals surface area contributed by atoms with Crippen molar-refractivity contribution < 1.29 is 14.2 Å². The van der Waals surface area contributed by atoms with Gasteiger partial charge in [0.1, 0.15) is 0 Å². The van der Waals surface area contributed by atoms with Gasteiger partial charge < -0.3 is 14.2 Å². The molecule has 76 valence electrons. The van der Waals surface area contributed by atoms with Gasteiger partial charge in [0, 0.05) is 5.92 Å². The third-order valence-electron chi connectivity index (χ3n) is 2.25. The Morgan fingerprint density at radius 2 is 2.00 bits per heavy atom. The van der Waals surface area contributed by atoms with Gasteiger partial charge in [-0.15, -0.1) is 0 Å². The predicted molar refractivity (Wildman–Crippen MR) is 52.8 cm³/mol. The monoisotopic (exact) mass is 194 g/mol. The number of para-hydroxylation sites is 2. The van der Waals surface area contributed by atoms with Crippen LogP contribution in [0.1, 0.15) is 0 Å². The van der Waals surface area contributed by atoms with Crippen LogP contribution < -0.4 is 9.47 Å². The number of hydrogen-bond donors (Lipinski definition) is 0. The molecule has 2 rings (SSSR count). The molecule has 1 aromatic rings. The molecular formula is C11H14O3. The molecule has 14 heavy (non-hydrogen) atoms. The second kappa shape index (κ2) is 4.33. The first-order valence-corrected chi connectivity index (χ1v) is 4.73. The third kappa shape index (κ3) is 1.99. The van der Waals surface area contributed by atoms with E-state index in [1.807, 2.05) is 24.3 Å². The van der Waals surface area contributed by atoms with Crippen LogP contribution >= 0.6 is 0 Å². The Balaban J connectivity index is 1.93. The molecule has 0 N–H and O–H groups in total. The molecule has 1 saturated heterocycles. The summed E-state index contributed by atoms with van der Waals surface area (Å²) in [7, 11) is 1.65. The van der Waals surface area contributed by atoms with Crippen molar-refractivity contribution in [1.29, 1.82) is 0 Å². The van der Waals surface area contributed by atoms with Crippen LogP contribution in [0, 0.1) is 5.92 Å². The normalized spacial score (nSPS) is 16.1. The predicted octanol–water partition coefficient (Wildman–Crippen LogP) is 1.72. The summed E-state index contributed by atoms with van der Waals surface area (Å²) in [6, 6.07) is 7.68. The maximum absolute atomic E-state index is 5.63. The fourth-order valence-electron chi connectivity index (χ4n) is 1.33. The largest absolute Gasteiger partial charge is 0.493 e.